The van der Waals surface area contributed by atoms with Crippen molar-refractivity contribution in [2.24, 2.45) is 5.10 Å². The number of amides is 2. The molecule has 3 N–H and O–H groups in total. The van der Waals surface area contributed by atoms with Gasteiger partial charge in [-0.15, -0.1) is 0 Å². The Kier molecular flexibility index (Phi) is 6.99. The Morgan fingerprint density at radius 3 is 2.47 bits per heavy atom. The summed E-state index contributed by atoms with van der Waals surface area (Å²) in [4.78, 5) is 24.1. The predicted octanol–water partition coefficient (Wildman–Crippen LogP) is 4.18. The average Bonchev–Trinajstić information content (AvgIpc) is 2.75. The van der Waals surface area contributed by atoms with Crippen LogP contribution >= 0.6 is 11.6 Å². The second-order valence-corrected chi connectivity index (χ2v) is 7.20. The zero-order valence-electron chi connectivity index (χ0n) is 16.4. The highest BCUT2D eigenvalue weighted by atomic mass is 35.5. The Morgan fingerprint density at radius 2 is 1.78 bits per heavy atom. The number of hydrogen-bond donors (Lipinski definition) is 3. The second kappa shape index (κ2) is 9.69. The summed E-state index contributed by atoms with van der Waals surface area (Å²) in [5.74, 6) is -1.43. The molecule has 2 amide bonds. The first kappa shape index (κ1) is 23.1. The first-order valence-electron chi connectivity index (χ1n) is 9.30. The first-order valence-corrected chi connectivity index (χ1v) is 9.68. The average molecular weight is 464 g/mol. The number of hydrazone groups is 1. The molecule has 0 saturated heterocycles. The molecule has 0 fully saturated rings. The lowest BCUT2D eigenvalue weighted by molar-refractivity contribution is -0.138. The Bertz CT molecular complexity index is 1200. The van der Waals surface area contributed by atoms with Gasteiger partial charge >= 0.3 is 6.18 Å². The van der Waals surface area contributed by atoms with Crippen molar-refractivity contribution < 1.29 is 27.9 Å². The molecule has 3 rings (SSSR count). The van der Waals surface area contributed by atoms with E-state index in [-0.39, 0.29) is 22.8 Å². The molecule has 0 aromatic heterocycles. The molecule has 0 spiro atoms. The van der Waals surface area contributed by atoms with E-state index >= 15 is 0 Å². The van der Waals surface area contributed by atoms with Gasteiger partial charge in [0.05, 0.1) is 17.7 Å². The standard InChI is InChI=1S/C22H17ClF3N3O3/c23-18-9-14(7-8-19(18)30)21(32)29-28-11-15-6-5-13(16-3-1-2-4-17(15)16)10-20(31)27-12-22(24,25)26/h1-9,11,30H,10,12H2,(H,27,31)(H,29,32). The summed E-state index contributed by atoms with van der Waals surface area (Å²) in [6, 6.07) is 14.3. The minimum Gasteiger partial charge on any atom is -0.506 e. The molecule has 0 saturated carbocycles. The van der Waals surface area contributed by atoms with Crippen molar-refractivity contribution in [2.75, 3.05) is 6.54 Å². The van der Waals surface area contributed by atoms with E-state index in [4.69, 9.17) is 11.6 Å². The SMILES string of the molecule is O=C(Cc1ccc(C=NNC(=O)c2ccc(O)c(Cl)c2)c2ccccc12)NCC(F)(F)F. The van der Waals surface area contributed by atoms with Gasteiger partial charge in [0.25, 0.3) is 5.91 Å². The normalized spacial score (nSPS) is 11.6. The van der Waals surface area contributed by atoms with Crippen LogP contribution in [0.1, 0.15) is 21.5 Å². The first-order chi connectivity index (χ1) is 15.1. The number of halogens is 4. The third-order valence-corrected chi connectivity index (χ3v) is 4.77. The number of carbonyl (C=O) groups is 2. The number of aromatic hydroxyl groups is 1. The quantitative estimate of drug-likeness (QED) is 0.378. The number of phenolic OH excluding ortho intramolecular Hbond substituents is 1. The van der Waals surface area contributed by atoms with Gasteiger partial charge < -0.3 is 10.4 Å². The summed E-state index contributed by atoms with van der Waals surface area (Å²) in [6.07, 6.45) is -3.28. The Labute approximate surface area is 185 Å². The van der Waals surface area contributed by atoms with Crippen molar-refractivity contribution in [1.82, 2.24) is 10.7 Å². The molecule has 0 aliphatic rings. The van der Waals surface area contributed by atoms with Crippen LogP contribution in [0, 0.1) is 0 Å². The largest absolute Gasteiger partial charge is 0.506 e. The maximum Gasteiger partial charge on any atom is 0.405 e. The summed E-state index contributed by atoms with van der Waals surface area (Å²) in [6.45, 7) is -1.39. The van der Waals surface area contributed by atoms with Crippen LogP contribution in [0.3, 0.4) is 0 Å². The summed E-state index contributed by atoms with van der Waals surface area (Å²) in [5.41, 5.74) is 3.74. The molecule has 3 aromatic carbocycles. The fourth-order valence-electron chi connectivity index (χ4n) is 2.96. The predicted molar refractivity (Wildman–Crippen MR) is 115 cm³/mol. The van der Waals surface area contributed by atoms with Crippen LogP contribution in [0.25, 0.3) is 10.8 Å². The number of fused-ring (bicyclic) bond motifs is 1. The lowest BCUT2D eigenvalue weighted by Gasteiger charge is -2.11. The van der Waals surface area contributed by atoms with Gasteiger partial charge in [0, 0.05) is 11.1 Å². The van der Waals surface area contributed by atoms with Gasteiger partial charge in [-0.3, -0.25) is 9.59 Å². The number of hydrogen-bond acceptors (Lipinski definition) is 4. The summed E-state index contributed by atoms with van der Waals surface area (Å²) in [5, 5.41) is 16.6. The van der Waals surface area contributed by atoms with Crippen LogP contribution in [-0.2, 0) is 11.2 Å². The number of phenols is 1. The molecule has 0 heterocycles. The van der Waals surface area contributed by atoms with E-state index in [9.17, 15) is 27.9 Å². The van der Waals surface area contributed by atoms with E-state index in [1.807, 2.05) is 5.32 Å². The zero-order chi connectivity index (χ0) is 23.3. The number of nitrogens with one attached hydrogen (secondary N) is 2. The molecule has 0 aliphatic carbocycles. The maximum absolute atomic E-state index is 12.3. The highest BCUT2D eigenvalue weighted by Gasteiger charge is 2.27. The van der Waals surface area contributed by atoms with Gasteiger partial charge in [0.15, 0.2) is 0 Å². The zero-order valence-corrected chi connectivity index (χ0v) is 17.2. The number of alkyl halides is 3. The molecule has 0 atom stereocenters. The molecule has 3 aromatic rings. The second-order valence-electron chi connectivity index (χ2n) is 6.79. The third-order valence-electron chi connectivity index (χ3n) is 4.46. The molecule has 0 radical (unpaired) electrons. The van der Waals surface area contributed by atoms with Crippen molar-refractivity contribution in [2.45, 2.75) is 12.6 Å². The number of benzene rings is 3. The molecule has 0 bridgehead atoms. The summed E-state index contributed by atoms with van der Waals surface area (Å²) < 4.78 is 36.9. The molecule has 166 valence electrons. The molecule has 0 unspecified atom stereocenters. The monoisotopic (exact) mass is 463 g/mol. The summed E-state index contributed by atoms with van der Waals surface area (Å²) >= 11 is 5.79. The molecule has 10 heteroatoms. The highest BCUT2D eigenvalue weighted by molar-refractivity contribution is 6.32. The number of nitrogens with zero attached hydrogens (tertiary/aromatic N) is 1. The molecule has 6 nitrogen and oxygen atoms in total. The summed E-state index contributed by atoms with van der Waals surface area (Å²) in [7, 11) is 0. The fourth-order valence-corrected chi connectivity index (χ4v) is 3.14. The topological polar surface area (TPSA) is 90.8 Å². The fraction of sp³-hybridized carbons (Fsp3) is 0.136. The number of carbonyl (C=O) groups excluding carboxylic acids is 2. The van der Waals surface area contributed by atoms with E-state index in [1.54, 1.807) is 36.4 Å². The van der Waals surface area contributed by atoms with E-state index in [0.717, 1.165) is 0 Å². The van der Waals surface area contributed by atoms with Gasteiger partial charge in [-0.25, -0.2) is 5.43 Å². The molecule has 0 aliphatic heterocycles. The van der Waals surface area contributed by atoms with Gasteiger partial charge in [0.2, 0.25) is 5.91 Å². The van der Waals surface area contributed by atoms with Crippen LogP contribution < -0.4 is 10.7 Å². The minimum atomic E-state index is -4.48. The van der Waals surface area contributed by atoms with Gasteiger partial charge in [-0.1, -0.05) is 48.0 Å². The van der Waals surface area contributed by atoms with Crippen LogP contribution in [0.15, 0.2) is 59.7 Å². The van der Waals surface area contributed by atoms with Crippen LogP contribution in [0.4, 0.5) is 13.2 Å². The van der Waals surface area contributed by atoms with Gasteiger partial charge in [-0.05, 0) is 34.5 Å². The Hall–Kier alpha value is -3.59. The van der Waals surface area contributed by atoms with Crippen molar-refractivity contribution in [1.29, 1.82) is 0 Å². The van der Waals surface area contributed by atoms with E-state index in [0.29, 0.717) is 21.9 Å². The van der Waals surface area contributed by atoms with Crippen molar-refractivity contribution >= 4 is 40.4 Å². The van der Waals surface area contributed by atoms with Gasteiger partial charge in [-0.2, -0.15) is 18.3 Å². The number of rotatable bonds is 6. The van der Waals surface area contributed by atoms with E-state index in [2.05, 4.69) is 10.5 Å². The molecule has 32 heavy (non-hydrogen) atoms. The lowest BCUT2D eigenvalue weighted by atomic mass is 9.98. The van der Waals surface area contributed by atoms with Crippen LogP contribution in [-0.4, -0.2) is 35.9 Å². The minimum absolute atomic E-state index is 0.0301. The van der Waals surface area contributed by atoms with Crippen molar-refractivity contribution in [3.63, 3.8) is 0 Å². The van der Waals surface area contributed by atoms with Crippen molar-refractivity contribution in [3.05, 3.63) is 76.3 Å². The van der Waals surface area contributed by atoms with Crippen molar-refractivity contribution in [3.8, 4) is 5.75 Å². The Morgan fingerprint density at radius 1 is 1.06 bits per heavy atom. The van der Waals surface area contributed by atoms with Gasteiger partial charge in [0.1, 0.15) is 12.3 Å². The molecular formula is C22H17ClF3N3O3. The van der Waals surface area contributed by atoms with Crippen LogP contribution in [0.2, 0.25) is 5.02 Å². The lowest BCUT2D eigenvalue weighted by Crippen LogP contribution is -2.34. The van der Waals surface area contributed by atoms with Crippen LogP contribution in [0.5, 0.6) is 5.75 Å². The highest BCUT2D eigenvalue weighted by Crippen LogP contribution is 2.24. The maximum atomic E-state index is 12.3. The smallest absolute Gasteiger partial charge is 0.405 e. The van der Waals surface area contributed by atoms with E-state index < -0.39 is 24.5 Å². The Balaban J connectivity index is 1.75. The van der Waals surface area contributed by atoms with E-state index in [1.165, 1.54) is 24.4 Å². The molecular weight excluding hydrogens is 447 g/mol. The third kappa shape index (κ3) is 5.98.